The van der Waals surface area contributed by atoms with Gasteiger partial charge in [-0.1, -0.05) is 12.1 Å². The number of nitrogens with zero attached hydrogens (tertiary/aromatic N) is 1. The highest BCUT2D eigenvalue weighted by Crippen LogP contribution is 2.29. The van der Waals surface area contributed by atoms with Crippen molar-refractivity contribution >= 4 is 39.4 Å². The number of ether oxygens (including phenoxy) is 1. The van der Waals surface area contributed by atoms with Gasteiger partial charge in [0.15, 0.2) is 0 Å². The average Bonchev–Trinajstić information content (AvgIpc) is 3.44. The number of anilines is 1. The van der Waals surface area contributed by atoms with Crippen LogP contribution in [0.3, 0.4) is 0 Å². The second-order valence-electron chi connectivity index (χ2n) is 6.54. The van der Waals surface area contributed by atoms with Crippen LogP contribution < -0.4 is 10.6 Å². The van der Waals surface area contributed by atoms with Gasteiger partial charge in [0.25, 0.3) is 0 Å². The maximum absolute atomic E-state index is 12.2. The predicted octanol–water partition coefficient (Wildman–Crippen LogP) is 2.17. The fourth-order valence-corrected chi connectivity index (χ4v) is 2.96. The minimum absolute atomic E-state index is 0.102. The topological polar surface area (TPSA) is 87.7 Å². The van der Waals surface area contributed by atoms with Crippen LogP contribution in [0.4, 0.5) is 5.69 Å². The van der Waals surface area contributed by atoms with Gasteiger partial charge in [0.2, 0.25) is 11.8 Å². The summed E-state index contributed by atoms with van der Waals surface area (Å²) in [5, 5.41) is 5.37. The first-order valence-corrected chi connectivity index (χ1v) is 9.96. The highest BCUT2D eigenvalue weighted by atomic mass is 79.9. The lowest BCUT2D eigenvalue weighted by atomic mass is 10.3. The molecule has 1 aromatic rings. The van der Waals surface area contributed by atoms with Crippen LogP contribution in [-0.4, -0.2) is 55.5 Å². The van der Waals surface area contributed by atoms with E-state index in [1.165, 1.54) is 0 Å². The van der Waals surface area contributed by atoms with Crippen LogP contribution in [0.1, 0.15) is 26.2 Å². The Hall–Kier alpha value is -1.93. The van der Waals surface area contributed by atoms with E-state index in [4.69, 9.17) is 4.74 Å². The molecular weight excluding hydrogens is 414 g/mol. The molecule has 0 radical (unpaired) electrons. The van der Waals surface area contributed by atoms with Crippen molar-refractivity contribution in [2.24, 2.45) is 5.92 Å². The summed E-state index contributed by atoms with van der Waals surface area (Å²) in [6.07, 6.45) is 2.58. The van der Waals surface area contributed by atoms with E-state index >= 15 is 0 Å². The molecule has 0 aliphatic heterocycles. The third-order valence-electron chi connectivity index (χ3n) is 4.11. The smallest absolute Gasteiger partial charge is 0.307 e. The van der Waals surface area contributed by atoms with Crippen molar-refractivity contribution in [3.8, 4) is 0 Å². The van der Waals surface area contributed by atoms with E-state index in [-0.39, 0.29) is 37.3 Å². The molecule has 148 valence electrons. The van der Waals surface area contributed by atoms with Gasteiger partial charge in [-0.25, -0.2) is 0 Å². The van der Waals surface area contributed by atoms with Crippen molar-refractivity contribution in [3.63, 3.8) is 0 Å². The van der Waals surface area contributed by atoms with Crippen LogP contribution >= 0.6 is 15.9 Å². The predicted molar refractivity (Wildman–Crippen MR) is 106 cm³/mol. The number of carbonyl (C=O) groups excluding carboxylic acids is 3. The monoisotopic (exact) mass is 439 g/mol. The molecule has 1 saturated carbocycles. The third-order valence-corrected chi connectivity index (χ3v) is 4.80. The number of rotatable bonds is 11. The van der Waals surface area contributed by atoms with E-state index in [0.29, 0.717) is 24.8 Å². The first kappa shape index (κ1) is 21.4. The molecular formula is C19H26BrN3O4. The number of nitrogens with one attached hydrogen (secondary N) is 2. The number of para-hydroxylation sites is 1. The second kappa shape index (κ2) is 11.0. The summed E-state index contributed by atoms with van der Waals surface area (Å²) >= 11 is 3.36. The fraction of sp³-hybridized carbons (Fsp3) is 0.526. The largest absolute Gasteiger partial charge is 0.466 e. The van der Waals surface area contributed by atoms with E-state index in [0.717, 1.165) is 23.9 Å². The van der Waals surface area contributed by atoms with Crippen LogP contribution in [0.2, 0.25) is 0 Å². The quantitative estimate of drug-likeness (QED) is 0.515. The van der Waals surface area contributed by atoms with Crippen LogP contribution in [-0.2, 0) is 19.1 Å². The van der Waals surface area contributed by atoms with Crippen molar-refractivity contribution < 1.29 is 19.1 Å². The molecule has 0 heterocycles. The number of carbonyl (C=O) groups is 3. The summed E-state index contributed by atoms with van der Waals surface area (Å²) in [6, 6.07) is 7.27. The molecule has 0 bridgehead atoms. The van der Waals surface area contributed by atoms with Crippen LogP contribution in [0.15, 0.2) is 28.7 Å². The summed E-state index contributed by atoms with van der Waals surface area (Å²) in [4.78, 5) is 37.7. The molecule has 0 unspecified atom stereocenters. The van der Waals surface area contributed by atoms with E-state index in [1.54, 1.807) is 13.0 Å². The number of hydrogen-bond donors (Lipinski definition) is 2. The molecule has 0 aromatic heterocycles. The van der Waals surface area contributed by atoms with Gasteiger partial charge in [0.1, 0.15) is 0 Å². The number of benzene rings is 1. The summed E-state index contributed by atoms with van der Waals surface area (Å²) in [6.45, 7) is 3.45. The van der Waals surface area contributed by atoms with Crippen molar-refractivity contribution in [1.29, 1.82) is 0 Å². The standard InChI is InChI=1S/C19H26BrN3O4/c1-2-27-19(26)9-10-23(12-14-7-8-14)13-18(25)21-11-17(24)22-16-6-4-3-5-15(16)20/h3-6,14H,2,7-13H2,1H3,(H,21,25)(H,22,24). The van der Waals surface area contributed by atoms with E-state index in [1.807, 2.05) is 23.1 Å². The molecule has 7 nitrogen and oxygen atoms in total. The lowest BCUT2D eigenvalue weighted by Gasteiger charge is -2.21. The Kier molecular flexibility index (Phi) is 8.74. The van der Waals surface area contributed by atoms with E-state index in [2.05, 4.69) is 26.6 Å². The Morgan fingerprint density at radius 3 is 2.63 bits per heavy atom. The molecule has 2 amide bonds. The molecule has 0 spiro atoms. The molecule has 0 atom stereocenters. The van der Waals surface area contributed by atoms with Gasteiger partial charge in [-0.3, -0.25) is 19.3 Å². The molecule has 0 saturated heterocycles. The van der Waals surface area contributed by atoms with Gasteiger partial charge < -0.3 is 15.4 Å². The minimum Gasteiger partial charge on any atom is -0.466 e. The number of hydrogen-bond acceptors (Lipinski definition) is 5. The van der Waals surface area contributed by atoms with Gasteiger partial charge in [0, 0.05) is 17.6 Å². The van der Waals surface area contributed by atoms with Crippen LogP contribution in [0.5, 0.6) is 0 Å². The molecule has 8 heteroatoms. The second-order valence-corrected chi connectivity index (χ2v) is 7.39. The Labute approximate surface area is 167 Å². The Morgan fingerprint density at radius 1 is 1.22 bits per heavy atom. The van der Waals surface area contributed by atoms with Crippen LogP contribution in [0, 0.1) is 5.92 Å². The first-order chi connectivity index (χ1) is 13.0. The zero-order chi connectivity index (χ0) is 19.6. The zero-order valence-corrected chi connectivity index (χ0v) is 17.1. The molecule has 1 aliphatic rings. The van der Waals surface area contributed by atoms with Gasteiger partial charge in [-0.05, 0) is 53.7 Å². The summed E-state index contributed by atoms with van der Waals surface area (Å²) in [7, 11) is 0. The lowest BCUT2D eigenvalue weighted by molar-refractivity contribution is -0.143. The van der Waals surface area contributed by atoms with Crippen molar-refractivity contribution in [2.45, 2.75) is 26.2 Å². The van der Waals surface area contributed by atoms with E-state index in [9.17, 15) is 14.4 Å². The van der Waals surface area contributed by atoms with Crippen molar-refractivity contribution in [1.82, 2.24) is 10.2 Å². The number of esters is 1. The maximum atomic E-state index is 12.2. The highest BCUT2D eigenvalue weighted by Gasteiger charge is 2.25. The van der Waals surface area contributed by atoms with Gasteiger partial charge in [0.05, 0.1) is 31.8 Å². The highest BCUT2D eigenvalue weighted by molar-refractivity contribution is 9.10. The van der Waals surface area contributed by atoms with Gasteiger partial charge in [-0.2, -0.15) is 0 Å². The molecule has 1 aliphatic carbocycles. The Morgan fingerprint density at radius 2 is 1.96 bits per heavy atom. The SMILES string of the molecule is CCOC(=O)CCN(CC(=O)NCC(=O)Nc1ccccc1Br)CC1CC1. The normalized spacial score (nSPS) is 13.3. The number of amides is 2. The van der Waals surface area contributed by atoms with Crippen LogP contribution in [0.25, 0.3) is 0 Å². The molecule has 2 rings (SSSR count). The van der Waals surface area contributed by atoms with E-state index < -0.39 is 0 Å². The summed E-state index contributed by atoms with van der Waals surface area (Å²) in [5.74, 6) is -0.192. The molecule has 1 aromatic carbocycles. The fourth-order valence-electron chi connectivity index (χ4n) is 2.58. The van der Waals surface area contributed by atoms with Gasteiger partial charge in [-0.15, -0.1) is 0 Å². The summed E-state index contributed by atoms with van der Waals surface area (Å²) < 4.78 is 5.72. The molecule has 2 N–H and O–H groups in total. The average molecular weight is 440 g/mol. The lowest BCUT2D eigenvalue weighted by Crippen LogP contribution is -2.42. The van der Waals surface area contributed by atoms with Crippen molar-refractivity contribution in [2.75, 3.05) is 38.1 Å². The van der Waals surface area contributed by atoms with Gasteiger partial charge >= 0.3 is 5.97 Å². The molecule has 1 fully saturated rings. The maximum Gasteiger partial charge on any atom is 0.307 e. The zero-order valence-electron chi connectivity index (χ0n) is 15.5. The Balaban J connectivity index is 1.74. The Bertz CT molecular complexity index is 664. The minimum atomic E-state index is -0.296. The summed E-state index contributed by atoms with van der Waals surface area (Å²) in [5.41, 5.74) is 0.654. The third kappa shape index (κ3) is 8.53. The van der Waals surface area contributed by atoms with Crippen molar-refractivity contribution in [3.05, 3.63) is 28.7 Å². The molecule has 27 heavy (non-hydrogen) atoms. The number of halogens is 1. The first-order valence-electron chi connectivity index (χ1n) is 9.17.